The number of aliphatic imine (C=N–C) groups is 1. The van der Waals surface area contributed by atoms with E-state index < -0.39 is 47.9 Å². The van der Waals surface area contributed by atoms with Gasteiger partial charge in [-0.3, -0.25) is 19.4 Å². The molecule has 0 saturated heterocycles. The predicted molar refractivity (Wildman–Crippen MR) is 124 cm³/mol. The SMILES string of the molecule is CC(NC(=O)C(N)CCCN=C(N)N)C(=O)NC(C(=O)NC(Cc1cnc[nH]1)C(=O)O)C(C)C. The monoisotopic (exact) mass is 481 g/mol. The van der Waals surface area contributed by atoms with Crippen molar-refractivity contribution in [2.24, 2.45) is 28.1 Å². The molecule has 0 bridgehead atoms. The molecule has 1 rings (SSSR count). The van der Waals surface area contributed by atoms with Crippen LogP contribution in [0.4, 0.5) is 0 Å². The van der Waals surface area contributed by atoms with Gasteiger partial charge in [0.25, 0.3) is 0 Å². The van der Waals surface area contributed by atoms with E-state index in [0.717, 1.165) is 0 Å². The summed E-state index contributed by atoms with van der Waals surface area (Å²) in [6.45, 7) is 5.17. The fraction of sp³-hybridized carbons (Fsp3) is 0.600. The fourth-order valence-corrected chi connectivity index (χ4v) is 2.93. The number of carbonyl (C=O) groups excluding carboxylic acids is 3. The maximum Gasteiger partial charge on any atom is 0.326 e. The van der Waals surface area contributed by atoms with E-state index in [1.807, 2.05) is 0 Å². The number of carbonyl (C=O) groups is 4. The molecule has 3 amide bonds. The van der Waals surface area contributed by atoms with Crippen LogP contribution in [-0.2, 0) is 25.6 Å². The molecule has 14 heteroatoms. The third kappa shape index (κ3) is 9.85. The Morgan fingerprint density at radius 2 is 1.76 bits per heavy atom. The third-order valence-electron chi connectivity index (χ3n) is 4.90. The van der Waals surface area contributed by atoms with Crippen LogP contribution in [-0.4, -0.2) is 75.4 Å². The van der Waals surface area contributed by atoms with E-state index >= 15 is 0 Å². The Balaban J connectivity index is 2.66. The summed E-state index contributed by atoms with van der Waals surface area (Å²) in [5.41, 5.74) is 16.8. The first-order valence-corrected chi connectivity index (χ1v) is 10.8. The van der Waals surface area contributed by atoms with Crippen molar-refractivity contribution in [3.05, 3.63) is 18.2 Å². The lowest BCUT2D eigenvalue weighted by Gasteiger charge is -2.26. The highest BCUT2D eigenvalue weighted by atomic mass is 16.4. The molecule has 11 N–H and O–H groups in total. The molecule has 0 radical (unpaired) electrons. The molecule has 0 saturated carbocycles. The van der Waals surface area contributed by atoms with Crippen molar-refractivity contribution in [2.75, 3.05) is 6.54 Å². The Bertz CT molecular complexity index is 853. The number of hydrogen-bond acceptors (Lipinski definition) is 7. The van der Waals surface area contributed by atoms with Crippen LogP contribution >= 0.6 is 0 Å². The van der Waals surface area contributed by atoms with E-state index in [4.69, 9.17) is 17.2 Å². The Labute approximate surface area is 197 Å². The largest absolute Gasteiger partial charge is 0.480 e. The summed E-state index contributed by atoms with van der Waals surface area (Å²) in [6.07, 6.45) is 3.64. The molecule has 0 aliphatic heterocycles. The first-order chi connectivity index (χ1) is 15.9. The van der Waals surface area contributed by atoms with Crippen molar-refractivity contribution in [2.45, 2.75) is 64.2 Å². The highest BCUT2D eigenvalue weighted by Crippen LogP contribution is 2.06. The van der Waals surface area contributed by atoms with Gasteiger partial charge < -0.3 is 43.2 Å². The number of aromatic amines is 1. The van der Waals surface area contributed by atoms with Crippen LogP contribution in [0, 0.1) is 5.92 Å². The van der Waals surface area contributed by atoms with Gasteiger partial charge in [0, 0.05) is 24.9 Å². The molecule has 1 aromatic heterocycles. The van der Waals surface area contributed by atoms with E-state index in [1.54, 1.807) is 13.8 Å². The smallest absolute Gasteiger partial charge is 0.326 e. The molecule has 190 valence electrons. The molecule has 1 aromatic rings. The molecule has 34 heavy (non-hydrogen) atoms. The molecular formula is C20H35N9O5. The minimum Gasteiger partial charge on any atom is -0.480 e. The van der Waals surface area contributed by atoms with Gasteiger partial charge in [-0.2, -0.15) is 0 Å². The minimum atomic E-state index is -1.23. The van der Waals surface area contributed by atoms with E-state index in [-0.39, 0.29) is 18.3 Å². The van der Waals surface area contributed by atoms with Gasteiger partial charge in [-0.25, -0.2) is 9.78 Å². The van der Waals surface area contributed by atoms with Crippen molar-refractivity contribution in [1.29, 1.82) is 0 Å². The lowest BCUT2D eigenvalue weighted by atomic mass is 10.0. The van der Waals surface area contributed by atoms with Gasteiger partial charge in [0.05, 0.1) is 12.4 Å². The quantitative estimate of drug-likeness (QED) is 0.0797. The Kier molecular flexibility index (Phi) is 11.5. The van der Waals surface area contributed by atoms with Gasteiger partial charge >= 0.3 is 5.97 Å². The zero-order chi connectivity index (χ0) is 25.8. The third-order valence-corrected chi connectivity index (χ3v) is 4.90. The Morgan fingerprint density at radius 3 is 2.29 bits per heavy atom. The zero-order valence-corrected chi connectivity index (χ0v) is 19.6. The number of nitrogens with zero attached hydrogens (tertiary/aromatic N) is 2. The number of amides is 3. The molecule has 4 atom stereocenters. The van der Waals surface area contributed by atoms with Gasteiger partial charge in [0.2, 0.25) is 17.7 Å². The normalized spacial score (nSPS) is 14.4. The summed E-state index contributed by atoms with van der Waals surface area (Å²) < 4.78 is 0. The van der Waals surface area contributed by atoms with Gasteiger partial charge in [-0.15, -0.1) is 0 Å². The number of nitrogens with two attached hydrogens (primary N) is 3. The number of nitrogens with one attached hydrogen (secondary N) is 4. The van der Waals surface area contributed by atoms with Crippen LogP contribution in [0.15, 0.2) is 17.5 Å². The number of guanidine groups is 1. The van der Waals surface area contributed by atoms with Crippen molar-refractivity contribution < 1.29 is 24.3 Å². The summed E-state index contributed by atoms with van der Waals surface area (Å²) in [5.74, 6) is -3.45. The van der Waals surface area contributed by atoms with Gasteiger partial charge in [-0.05, 0) is 25.7 Å². The maximum absolute atomic E-state index is 12.8. The molecule has 0 aromatic carbocycles. The highest BCUT2D eigenvalue weighted by Gasteiger charge is 2.30. The fourth-order valence-electron chi connectivity index (χ4n) is 2.93. The van der Waals surface area contributed by atoms with Gasteiger partial charge in [0.15, 0.2) is 5.96 Å². The highest BCUT2D eigenvalue weighted by molar-refractivity contribution is 5.94. The van der Waals surface area contributed by atoms with Crippen LogP contribution in [0.1, 0.15) is 39.3 Å². The number of hydrogen-bond donors (Lipinski definition) is 8. The average Bonchev–Trinajstić information content (AvgIpc) is 3.26. The summed E-state index contributed by atoms with van der Waals surface area (Å²) in [4.78, 5) is 59.6. The van der Waals surface area contributed by atoms with Crippen LogP contribution in [0.5, 0.6) is 0 Å². The summed E-state index contributed by atoms with van der Waals surface area (Å²) in [7, 11) is 0. The lowest BCUT2D eigenvalue weighted by Crippen LogP contribution is -2.58. The molecular weight excluding hydrogens is 446 g/mol. The molecule has 14 nitrogen and oxygen atoms in total. The molecule has 0 fully saturated rings. The maximum atomic E-state index is 12.8. The van der Waals surface area contributed by atoms with E-state index in [2.05, 4.69) is 30.9 Å². The molecule has 1 heterocycles. The summed E-state index contributed by atoms with van der Waals surface area (Å²) >= 11 is 0. The number of rotatable bonds is 14. The Hall–Kier alpha value is -3.68. The summed E-state index contributed by atoms with van der Waals surface area (Å²) in [6, 6.07) is -4.10. The van der Waals surface area contributed by atoms with Crippen molar-refractivity contribution >= 4 is 29.7 Å². The number of aliphatic carboxylic acids is 1. The van der Waals surface area contributed by atoms with Gasteiger partial charge in [0.1, 0.15) is 18.1 Å². The van der Waals surface area contributed by atoms with E-state index in [1.165, 1.54) is 19.4 Å². The molecule has 0 spiro atoms. The molecule has 0 aliphatic rings. The topological polar surface area (TPSA) is 244 Å². The lowest BCUT2D eigenvalue weighted by molar-refractivity contribution is -0.142. The van der Waals surface area contributed by atoms with Crippen LogP contribution < -0.4 is 33.2 Å². The van der Waals surface area contributed by atoms with Crippen molar-refractivity contribution in [1.82, 2.24) is 25.9 Å². The number of imidazole rings is 1. The minimum absolute atomic E-state index is 0.00658. The summed E-state index contributed by atoms with van der Waals surface area (Å²) in [5, 5.41) is 17.0. The van der Waals surface area contributed by atoms with Crippen LogP contribution in [0.25, 0.3) is 0 Å². The van der Waals surface area contributed by atoms with E-state index in [9.17, 15) is 24.3 Å². The first kappa shape index (κ1) is 28.4. The van der Waals surface area contributed by atoms with Gasteiger partial charge in [-0.1, -0.05) is 13.8 Å². The zero-order valence-electron chi connectivity index (χ0n) is 19.6. The average molecular weight is 482 g/mol. The van der Waals surface area contributed by atoms with Crippen LogP contribution in [0.3, 0.4) is 0 Å². The second-order valence-corrected chi connectivity index (χ2v) is 8.20. The number of carboxylic acid groups (broad SMARTS) is 1. The van der Waals surface area contributed by atoms with Crippen LogP contribution in [0.2, 0.25) is 0 Å². The Morgan fingerprint density at radius 1 is 1.09 bits per heavy atom. The second-order valence-electron chi connectivity index (χ2n) is 8.20. The first-order valence-electron chi connectivity index (χ1n) is 10.8. The number of H-pyrrole nitrogens is 1. The standard InChI is InChI=1S/C20H35N9O5/c1-10(2)15(18(32)28-14(19(33)34)7-12-8-24-9-26-12)29-16(30)11(3)27-17(31)13(21)5-4-6-25-20(22)23/h8-11,13-15H,4-7,21H2,1-3H3,(H,24,26)(H,27,31)(H,28,32)(H,29,30)(H,33,34)(H4,22,23,25). The molecule has 0 aliphatic carbocycles. The van der Waals surface area contributed by atoms with Crippen molar-refractivity contribution in [3.63, 3.8) is 0 Å². The molecule has 4 unspecified atom stereocenters. The number of carboxylic acids is 1. The van der Waals surface area contributed by atoms with Crippen molar-refractivity contribution in [3.8, 4) is 0 Å². The van der Waals surface area contributed by atoms with E-state index in [0.29, 0.717) is 25.1 Å². The number of aromatic nitrogens is 2. The predicted octanol–water partition coefficient (Wildman–Crippen LogP) is -2.45. The second kappa shape index (κ2) is 13.8.